The number of rotatable bonds is 3. The summed E-state index contributed by atoms with van der Waals surface area (Å²) in [5, 5.41) is 0. The van der Waals surface area contributed by atoms with E-state index in [0.29, 0.717) is 12.0 Å². The van der Waals surface area contributed by atoms with Crippen LogP contribution in [-0.2, 0) is 9.84 Å². The highest BCUT2D eigenvalue weighted by molar-refractivity contribution is 7.91. The molecule has 0 aromatic carbocycles. The first-order valence-electron chi connectivity index (χ1n) is 8.65. The van der Waals surface area contributed by atoms with Crippen molar-refractivity contribution in [3.05, 3.63) is 23.9 Å². The predicted octanol–water partition coefficient (Wildman–Crippen LogP) is 1.72. The van der Waals surface area contributed by atoms with Crippen molar-refractivity contribution in [3.63, 3.8) is 0 Å². The standard InChI is InChI=1S/C17H25N3O3S/c1-19(15-7-11-24(22,23)13-15)17(21)14-6-8-18-16(12-14)20-9-4-2-3-5-10-20/h6,8,12,15H,2-5,7,9-11,13H2,1H3. The van der Waals surface area contributed by atoms with Gasteiger partial charge in [-0.2, -0.15) is 0 Å². The Kier molecular flexibility index (Phi) is 5.08. The van der Waals surface area contributed by atoms with Crippen LogP contribution in [0.4, 0.5) is 5.82 Å². The Morgan fingerprint density at radius 3 is 2.58 bits per heavy atom. The summed E-state index contributed by atoms with van der Waals surface area (Å²) >= 11 is 0. The van der Waals surface area contributed by atoms with Gasteiger partial charge in [-0.25, -0.2) is 13.4 Å². The normalized spacial score (nSPS) is 23.7. The van der Waals surface area contributed by atoms with Gasteiger partial charge in [0.25, 0.3) is 5.91 Å². The number of nitrogens with zero attached hydrogens (tertiary/aromatic N) is 3. The minimum atomic E-state index is -3.00. The first-order chi connectivity index (χ1) is 11.5. The molecule has 0 saturated carbocycles. The van der Waals surface area contributed by atoms with Gasteiger partial charge in [0.05, 0.1) is 11.5 Å². The lowest BCUT2D eigenvalue weighted by atomic mass is 10.1. The average Bonchev–Trinajstić information content (AvgIpc) is 2.79. The molecule has 0 bridgehead atoms. The quantitative estimate of drug-likeness (QED) is 0.829. The number of aromatic nitrogens is 1. The molecule has 2 fully saturated rings. The van der Waals surface area contributed by atoms with E-state index in [1.54, 1.807) is 24.2 Å². The summed E-state index contributed by atoms with van der Waals surface area (Å²) < 4.78 is 23.3. The van der Waals surface area contributed by atoms with Crippen LogP contribution in [0.25, 0.3) is 0 Å². The molecule has 1 aromatic rings. The number of sulfone groups is 1. The second-order valence-electron chi connectivity index (χ2n) is 6.78. The molecule has 0 N–H and O–H groups in total. The van der Waals surface area contributed by atoms with Gasteiger partial charge in [-0.15, -0.1) is 0 Å². The van der Waals surface area contributed by atoms with E-state index in [0.717, 1.165) is 31.7 Å². The molecule has 1 aromatic heterocycles. The van der Waals surface area contributed by atoms with Gasteiger partial charge >= 0.3 is 0 Å². The maximum Gasteiger partial charge on any atom is 0.254 e. The maximum atomic E-state index is 12.7. The van der Waals surface area contributed by atoms with Crippen molar-refractivity contribution < 1.29 is 13.2 Å². The Balaban J connectivity index is 1.74. The van der Waals surface area contributed by atoms with Crippen molar-refractivity contribution in [3.8, 4) is 0 Å². The second-order valence-corrected chi connectivity index (χ2v) is 9.01. The van der Waals surface area contributed by atoms with E-state index in [1.807, 2.05) is 6.07 Å². The molecule has 2 saturated heterocycles. The molecule has 0 spiro atoms. The van der Waals surface area contributed by atoms with E-state index >= 15 is 0 Å². The number of carbonyl (C=O) groups is 1. The van der Waals surface area contributed by atoms with Crippen LogP contribution in [0.5, 0.6) is 0 Å². The second kappa shape index (κ2) is 7.09. The lowest BCUT2D eigenvalue weighted by Gasteiger charge is -2.25. The van der Waals surface area contributed by atoms with Crippen LogP contribution in [0.3, 0.4) is 0 Å². The minimum Gasteiger partial charge on any atom is -0.357 e. The van der Waals surface area contributed by atoms with Gasteiger partial charge < -0.3 is 9.80 Å². The maximum absolute atomic E-state index is 12.7. The van der Waals surface area contributed by atoms with Gasteiger partial charge in [-0.1, -0.05) is 12.8 Å². The third-order valence-electron chi connectivity index (χ3n) is 5.00. The van der Waals surface area contributed by atoms with E-state index in [4.69, 9.17) is 0 Å². The Labute approximate surface area is 143 Å². The molecule has 2 aliphatic heterocycles. The number of carbonyl (C=O) groups excluding carboxylic acids is 1. The molecular weight excluding hydrogens is 326 g/mol. The first kappa shape index (κ1) is 17.2. The van der Waals surface area contributed by atoms with Crippen molar-refractivity contribution in [1.29, 1.82) is 0 Å². The number of pyridine rings is 1. The lowest BCUT2D eigenvalue weighted by Crippen LogP contribution is -2.38. The van der Waals surface area contributed by atoms with E-state index in [-0.39, 0.29) is 23.5 Å². The van der Waals surface area contributed by atoms with Crippen LogP contribution in [0.1, 0.15) is 42.5 Å². The number of anilines is 1. The fourth-order valence-electron chi connectivity index (χ4n) is 3.47. The van der Waals surface area contributed by atoms with Crippen LogP contribution >= 0.6 is 0 Å². The lowest BCUT2D eigenvalue weighted by molar-refractivity contribution is 0.0747. The van der Waals surface area contributed by atoms with Crippen LogP contribution < -0.4 is 4.90 Å². The van der Waals surface area contributed by atoms with Crippen molar-refractivity contribution >= 4 is 21.6 Å². The zero-order valence-electron chi connectivity index (χ0n) is 14.1. The molecular formula is C17H25N3O3S. The summed E-state index contributed by atoms with van der Waals surface area (Å²) in [4.78, 5) is 21.0. The summed E-state index contributed by atoms with van der Waals surface area (Å²) in [6, 6.07) is 3.33. The molecule has 7 heteroatoms. The SMILES string of the molecule is CN(C(=O)c1ccnc(N2CCCCCC2)c1)C1CCS(=O)(=O)C1. The average molecular weight is 351 g/mol. The summed E-state index contributed by atoms with van der Waals surface area (Å²) in [6.07, 6.45) is 6.99. The summed E-state index contributed by atoms with van der Waals surface area (Å²) in [6.45, 7) is 1.95. The van der Waals surface area contributed by atoms with Gasteiger partial charge in [0, 0.05) is 37.9 Å². The molecule has 2 aliphatic rings. The topological polar surface area (TPSA) is 70.6 Å². The molecule has 1 atom stereocenters. The Bertz CT molecular complexity index is 697. The van der Waals surface area contributed by atoms with Crippen molar-refractivity contribution in [2.75, 3.05) is 36.5 Å². The molecule has 24 heavy (non-hydrogen) atoms. The molecule has 0 radical (unpaired) electrons. The number of hydrogen-bond acceptors (Lipinski definition) is 5. The fraction of sp³-hybridized carbons (Fsp3) is 0.647. The summed E-state index contributed by atoms with van der Waals surface area (Å²) in [7, 11) is -1.31. The zero-order valence-corrected chi connectivity index (χ0v) is 15.0. The van der Waals surface area contributed by atoms with E-state index in [2.05, 4.69) is 9.88 Å². The summed E-state index contributed by atoms with van der Waals surface area (Å²) in [5.74, 6) is 0.954. The highest BCUT2D eigenvalue weighted by Gasteiger charge is 2.33. The van der Waals surface area contributed by atoms with Gasteiger partial charge in [-0.05, 0) is 31.4 Å². The van der Waals surface area contributed by atoms with Crippen LogP contribution in [-0.4, -0.2) is 61.9 Å². The molecule has 1 unspecified atom stereocenters. The molecule has 132 valence electrons. The monoisotopic (exact) mass is 351 g/mol. The Morgan fingerprint density at radius 1 is 1.25 bits per heavy atom. The third kappa shape index (κ3) is 3.88. The fourth-order valence-corrected chi connectivity index (χ4v) is 5.25. The molecule has 3 rings (SSSR count). The van der Waals surface area contributed by atoms with Crippen LogP contribution in [0.15, 0.2) is 18.3 Å². The van der Waals surface area contributed by atoms with Crippen molar-refractivity contribution in [2.45, 2.75) is 38.1 Å². The Morgan fingerprint density at radius 2 is 1.96 bits per heavy atom. The highest BCUT2D eigenvalue weighted by atomic mass is 32.2. The number of hydrogen-bond donors (Lipinski definition) is 0. The van der Waals surface area contributed by atoms with Gasteiger partial charge in [0.1, 0.15) is 5.82 Å². The van der Waals surface area contributed by atoms with E-state index in [1.165, 1.54) is 12.8 Å². The van der Waals surface area contributed by atoms with Gasteiger partial charge in [-0.3, -0.25) is 4.79 Å². The van der Waals surface area contributed by atoms with Crippen molar-refractivity contribution in [1.82, 2.24) is 9.88 Å². The first-order valence-corrected chi connectivity index (χ1v) is 10.5. The molecule has 3 heterocycles. The summed E-state index contributed by atoms with van der Waals surface area (Å²) in [5.41, 5.74) is 0.580. The largest absolute Gasteiger partial charge is 0.357 e. The highest BCUT2D eigenvalue weighted by Crippen LogP contribution is 2.21. The third-order valence-corrected chi connectivity index (χ3v) is 6.75. The van der Waals surface area contributed by atoms with E-state index < -0.39 is 9.84 Å². The van der Waals surface area contributed by atoms with Gasteiger partial charge in [0.15, 0.2) is 9.84 Å². The van der Waals surface area contributed by atoms with Gasteiger partial charge in [0.2, 0.25) is 0 Å². The molecule has 1 amide bonds. The van der Waals surface area contributed by atoms with Crippen LogP contribution in [0.2, 0.25) is 0 Å². The number of amides is 1. The predicted molar refractivity (Wildman–Crippen MR) is 94.1 cm³/mol. The van der Waals surface area contributed by atoms with Crippen molar-refractivity contribution in [2.24, 2.45) is 0 Å². The molecule has 6 nitrogen and oxygen atoms in total. The zero-order chi connectivity index (χ0) is 17.2. The van der Waals surface area contributed by atoms with E-state index in [9.17, 15) is 13.2 Å². The molecule has 0 aliphatic carbocycles. The Hall–Kier alpha value is -1.63. The van der Waals surface area contributed by atoms with Crippen LogP contribution in [0, 0.1) is 0 Å². The smallest absolute Gasteiger partial charge is 0.254 e. The minimum absolute atomic E-state index is 0.0688.